The quantitative estimate of drug-likeness (QED) is 0.119. The van der Waals surface area contributed by atoms with Gasteiger partial charge in [0.05, 0.1) is 0 Å². The van der Waals surface area contributed by atoms with Crippen molar-refractivity contribution >= 4 is 27.0 Å². The van der Waals surface area contributed by atoms with Crippen LogP contribution in [-0.2, 0) is 34.2 Å². The zero-order valence-corrected chi connectivity index (χ0v) is 43.2. The molecule has 8 bridgehead atoms. The molecule has 0 heterocycles. The maximum atomic E-state index is 2.52. The molecule has 9 aliphatic rings. The molecule has 0 atom stereocenters. The van der Waals surface area contributed by atoms with Crippen LogP contribution in [0.2, 0.25) is 13.1 Å². The molecule has 15 rings (SSSR count). The van der Waals surface area contributed by atoms with Crippen molar-refractivity contribution in [1.29, 1.82) is 0 Å². The largest absolute Gasteiger partial charge is 1.00 e. The van der Waals surface area contributed by atoms with Crippen molar-refractivity contribution in [2.75, 3.05) is 0 Å². The van der Waals surface area contributed by atoms with Gasteiger partial charge in [0.25, 0.3) is 0 Å². The van der Waals surface area contributed by atoms with Gasteiger partial charge in [-0.05, 0) is 164 Å². The molecule has 0 amide bonds. The Morgan fingerprint density at radius 1 is 0.508 bits per heavy atom. The summed E-state index contributed by atoms with van der Waals surface area (Å²) >= 11 is 1.74. The van der Waals surface area contributed by atoms with E-state index >= 15 is 0 Å². The van der Waals surface area contributed by atoms with Crippen LogP contribution in [-0.4, -0.2) is 5.43 Å². The molecule has 0 radical (unpaired) electrons. The molecule has 0 aromatic heterocycles. The van der Waals surface area contributed by atoms with Gasteiger partial charge in [-0.1, -0.05) is 98.0 Å². The van der Waals surface area contributed by atoms with Crippen LogP contribution in [0.1, 0.15) is 137 Å². The van der Waals surface area contributed by atoms with Crippen molar-refractivity contribution in [1.82, 2.24) is 0 Å². The van der Waals surface area contributed by atoms with E-state index in [0.29, 0.717) is 10.8 Å². The molecule has 4 heteroatoms. The van der Waals surface area contributed by atoms with Gasteiger partial charge < -0.3 is 24.8 Å². The molecule has 9 fully saturated rings. The Bertz CT molecular complexity index is 2460. The molecular formula is C59H68Cl2SiZr-2. The van der Waals surface area contributed by atoms with Gasteiger partial charge >= 0.3 is 41.9 Å². The first kappa shape index (κ1) is 45.9. The van der Waals surface area contributed by atoms with Gasteiger partial charge in [0, 0.05) is 0 Å². The van der Waals surface area contributed by atoms with Crippen molar-refractivity contribution in [3.05, 3.63) is 131 Å². The van der Waals surface area contributed by atoms with Gasteiger partial charge in [0.2, 0.25) is 0 Å². The first-order valence-corrected chi connectivity index (χ1v) is 31.0. The second kappa shape index (κ2) is 18.8. The van der Waals surface area contributed by atoms with Gasteiger partial charge in [-0.3, -0.25) is 0 Å². The van der Waals surface area contributed by atoms with Crippen LogP contribution in [0.3, 0.4) is 0 Å². The average molecular weight is 967 g/mol. The first-order chi connectivity index (χ1) is 29.7. The first-order valence-electron chi connectivity index (χ1n) is 24.8. The van der Waals surface area contributed by atoms with Crippen molar-refractivity contribution in [2.24, 2.45) is 35.5 Å². The molecule has 0 N–H and O–H groups in total. The fourth-order valence-corrected chi connectivity index (χ4v) is 15.8. The van der Waals surface area contributed by atoms with E-state index in [4.69, 9.17) is 0 Å². The summed E-state index contributed by atoms with van der Waals surface area (Å²) < 4.78 is 0. The fraction of sp³-hybridized carbons (Fsp3) is 0.492. The van der Waals surface area contributed by atoms with Crippen LogP contribution in [0.4, 0.5) is 0 Å². The van der Waals surface area contributed by atoms with Crippen LogP contribution in [0.15, 0.2) is 109 Å². The smallest absolute Gasteiger partial charge is 0.00391 e. The fourth-order valence-electron chi connectivity index (χ4n) is 15.8. The summed E-state index contributed by atoms with van der Waals surface area (Å²) in [5, 5.41) is 5.66. The molecule has 0 spiro atoms. The Labute approximate surface area is 407 Å². The third-order valence-corrected chi connectivity index (χ3v) is 17.4. The Morgan fingerprint density at radius 3 is 1.30 bits per heavy atom. The minimum absolute atomic E-state index is 0. The van der Waals surface area contributed by atoms with E-state index < -0.39 is 0 Å². The molecule has 63 heavy (non-hydrogen) atoms. The third kappa shape index (κ3) is 9.14. The molecule has 9 aliphatic carbocycles. The van der Waals surface area contributed by atoms with Crippen LogP contribution >= 0.6 is 0 Å². The summed E-state index contributed by atoms with van der Waals surface area (Å²) in [7, 11) is 0. The topological polar surface area (TPSA) is 0 Å². The number of benzene rings is 4. The summed E-state index contributed by atoms with van der Waals surface area (Å²) in [6, 6.07) is 42.9. The molecular weight excluding hydrogens is 899 g/mol. The summed E-state index contributed by atoms with van der Waals surface area (Å²) in [5.41, 5.74) is 13.0. The zero-order valence-electron chi connectivity index (χ0n) is 38.2. The Kier molecular flexibility index (Phi) is 13.7. The number of halogens is 2. The van der Waals surface area contributed by atoms with Gasteiger partial charge in [0.15, 0.2) is 0 Å². The Morgan fingerprint density at radius 2 is 0.889 bits per heavy atom. The second-order valence-electron chi connectivity index (χ2n) is 22.3. The Hall–Kier alpha value is -2.22. The van der Waals surface area contributed by atoms with Crippen molar-refractivity contribution in [3.63, 3.8) is 0 Å². The molecule has 0 aliphatic heterocycles. The molecule has 0 nitrogen and oxygen atoms in total. The zero-order chi connectivity index (χ0) is 41.3. The molecule has 0 unspecified atom stereocenters. The minimum atomic E-state index is 0. The van der Waals surface area contributed by atoms with Crippen molar-refractivity contribution in [2.45, 2.75) is 146 Å². The maximum Gasteiger partial charge on any atom is -0.00391 e. The SMILES string of the molecule is C[Si](C)=[Zr+2].Cc1cc2c(-c3ccc(C45CC6CC(CC(C6)C4)C5)cc3)cccc2[cH-]1.[Cl-].[Cl-].c1cc(-c2ccc(C34CC5CC(CC(C5)C3)C4)cc2)c2cc(C3CCCCC3)[cH-]c2c1. The van der Waals surface area contributed by atoms with E-state index in [1.165, 1.54) is 159 Å². The van der Waals surface area contributed by atoms with Crippen molar-refractivity contribution in [3.8, 4) is 22.3 Å². The van der Waals surface area contributed by atoms with Gasteiger partial charge in [-0.15, -0.1) is 69.1 Å². The number of aryl methyl sites for hydroxylation is 1. The molecule has 6 aromatic rings. The van der Waals surface area contributed by atoms with Crippen LogP contribution in [0.5, 0.6) is 0 Å². The maximum absolute atomic E-state index is 2.52. The normalized spacial score (nSPS) is 29.9. The van der Waals surface area contributed by atoms with Gasteiger partial charge in [-0.2, -0.15) is 12.1 Å². The van der Waals surface area contributed by atoms with Crippen LogP contribution in [0.25, 0.3) is 43.8 Å². The van der Waals surface area contributed by atoms with Crippen LogP contribution in [0, 0.1) is 42.4 Å². The van der Waals surface area contributed by atoms with Crippen molar-refractivity contribution < 1.29 is 48.1 Å². The van der Waals surface area contributed by atoms with E-state index in [1.54, 1.807) is 40.0 Å². The average Bonchev–Trinajstić information content (AvgIpc) is 3.87. The minimum Gasteiger partial charge on any atom is -1.00 e. The summed E-state index contributed by atoms with van der Waals surface area (Å²) in [4.78, 5) is 0. The Balaban J connectivity index is 0.000000145. The monoisotopic (exact) mass is 964 g/mol. The number of rotatable bonds is 5. The molecule has 9 saturated carbocycles. The molecule has 328 valence electrons. The van der Waals surface area contributed by atoms with E-state index in [2.05, 4.69) is 129 Å². The van der Waals surface area contributed by atoms with E-state index in [1.807, 2.05) is 0 Å². The predicted octanol–water partition coefficient (Wildman–Crippen LogP) is 10.5. The summed E-state index contributed by atoms with van der Waals surface area (Å²) in [5.74, 6) is 6.88. The van der Waals surface area contributed by atoms with E-state index in [-0.39, 0.29) is 30.2 Å². The summed E-state index contributed by atoms with van der Waals surface area (Å²) in [6.07, 6.45) is 24.9. The summed E-state index contributed by atoms with van der Waals surface area (Å²) in [6.45, 7) is 6.81. The number of hydrogen-bond donors (Lipinski definition) is 0. The van der Waals surface area contributed by atoms with Gasteiger partial charge in [0.1, 0.15) is 0 Å². The predicted molar refractivity (Wildman–Crippen MR) is 258 cm³/mol. The number of hydrogen-bond acceptors (Lipinski definition) is 0. The van der Waals surface area contributed by atoms with Crippen LogP contribution < -0.4 is 24.8 Å². The van der Waals surface area contributed by atoms with Gasteiger partial charge in [-0.25, -0.2) is 0 Å². The second-order valence-corrected chi connectivity index (χ2v) is 31.7. The van der Waals surface area contributed by atoms with E-state index in [9.17, 15) is 0 Å². The van der Waals surface area contributed by atoms with E-state index in [0.717, 1.165) is 41.4 Å². The molecule has 0 saturated heterocycles. The third-order valence-electron chi connectivity index (χ3n) is 17.4. The molecule has 6 aromatic carbocycles. The number of fused-ring (bicyclic) bond motifs is 2. The standard InChI is InChI=1S/C31H35.C26H27.C2H6Si.2ClH.Zr/c1-2-5-24(6-3-1)27-16-26-7-4-8-29(30(26)17-27)25-9-11-28(12-10-25)31-18-21-13-22(19-31)15-23(14-21)20-31;1-17-9-22-3-2-4-24(25(22)10-17)21-5-7-23(8-6-21)26-14-18-11-19(15-26)13-20(12-18)16-26;1-3-2;;;/h4,7-12,16-17,21-24H,1-3,5-6,13-15,18-20H2;2-10,18-20H,11-16H2,1H3;1-2H3;2*1H;/q2*-1;;;;+2/p-2.